The fourth-order valence-electron chi connectivity index (χ4n) is 3.22. The van der Waals surface area contributed by atoms with E-state index in [1.165, 1.54) is 6.07 Å². The summed E-state index contributed by atoms with van der Waals surface area (Å²) in [4.78, 5) is 0. The van der Waals surface area contributed by atoms with Crippen LogP contribution in [0.5, 0.6) is 0 Å². The minimum absolute atomic E-state index is 0.146. The topological polar surface area (TPSA) is 0 Å². The summed E-state index contributed by atoms with van der Waals surface area (Å²) in [5, 5.41) is 0.104. The molecule has 3 heteroatoms. The van der Waals surface area contributed by atoms with Gasteiger partial charge in [0.2, 0.25) is 0 Å². The van der Waals surface area contributed by atoms with Crippen molar-refractivity contribution in [1.82, 2.24) is 0 Å². The van der Waals surface area contributed by atoms with Gasteiger partial charge in [-0.05, 0) is 47.4 Å². The molecular weight excluding hydrogens is 333 g/mol. The van der Waals surface area contributed by atoms with Crippen LogP contribution in [-0.2, 0) is 12.8 Å². The molecule has 3 aromatic carbocycles. The quantitative estimate of drug-likeness (QED) is 0.418. The lowest BCUT2D eigenvalue weighted by Gasteiger charge is -2.11. The van der Waals surface area contributed by atoms with Gasteiger partial charge in [0.15, 0.2) is 11.6 Å². The van der Waals surface area contributed by atoms with Gasteiger partial charge in [-0.25, -0.2) is 13.2 Å². The Balaban J connectivity index is 2.09. The average Bonchev–Trinajstić information content (AvgIpc) is 2.65. The average molecular weight is 354 g/mol. The van der Waals surface area contributed by atoms with E-state index < -0.39 is 17.5 Å². The van der Waals surface area contributed by atoms with Gasteiger partial charge in [-0.3, -0.25) is 0 Å². The molecule has 0 fully saturated rings. The molecule has 0 aromatic heterocycles. The van der Waals surface area contributed by atoms with Crippen LogP contribution < -0.4 is 0 Å². The maximum absolute atomic E-state index is 14.7. The molecule has 0 aliphatic rings. The first kappa shape index (κ1) is 18.2. The van der Waals surface area contributed by atoms with E-state index in [4.69, 9.17) is 0 Å². The number of allylic oxidation sites excluding steroid dienone is 1. The van der Waals surface area contributed by atoms with E-state index >= 15 is 0 Å². The molecule has 134 valence electrons. The van der Waals surface area contributed by atoms with E-state index in [0.717, 1.165) is 24.8 Å². The molecule has 0 amide bonds. The molecule has 3 aromatic rings. The molecule has 0 nitrogen and oxygen atoms in total. The normalized spacial score (nSPS) is 11.1. The van der Waals surface area contributed by atoms with Crippen LogP contribution in [0.3, 0.4) is 0 Å². The highest BCUT2D eigenvalue weighted by molar-refractivity contribution is 5.89. The Labute approximate surface area is 152 Å². The summed E-state index contributed by atoms with van der Waals surface area (Å²) in [5.74, 6) is -2.79. The molecule has 0 N–H and O–H groups in total. The van der Waals surface area contributed by atoms with Crippen molar-refractivity contribution < 1.29 is 13.2 Å². The highest BCUT2D eigenvalue weighted by Gasteiger charge is 2.19. The standard InChI is InChI=1S/C23H21F3/c1-3-5-7-15-8-10-16(11-9-15)19-14-18-13-12-17(6-4-2)21(24)20(18)23(26)22(19)25/h3,8-14H,1,4-7H2,2H3. The first-order chi connectivity index (χ1) is 12.6. The van der Waals surface area contributed by atoms with Gasteiger partial charge in [0.05, 0.1) is 5.39 Å². The largest absolute Gasteiger partial charge is 0.206 e. The number of hydrogen-bond acceptors (Lipinski definition) is 0. The first-order valence-corrected chi connectivity index (χ1v) is 8.86. The van der Waals surface area contributed by atoms with Gasteiger partial charge in [-0.1, -0.05) is 55.8 Å². The van der Waals surface area contributed by atoms with Crippen molar-refractivity contribution in [3.63, 3.8) is 0 Å². The van der Waals surface area contributed by atoms with Gasteiger partial charge >= 0.3 is 0 Å². The Morgan fingerprint density at radius 3 is 2.27 bits per heavy atom. The lowest BCUT2D eigenvalue weighted by molar-refractivity contribution is 0.513. The van der Waals surface area contributed by atoms with Crippen molar-refractivity contribution in [2.75, 3.05) is 0 Å². The van der Waals surface area contributed by atoms with Crippen LogP contribution in [0, 0.1) is 17.5 Å². The van der Waals surface area contributed by atoms with E-state index in [1.807, 2.05) is 25.1 Å². The Morgan fingerprint density at radius 1 is 0.885 bits per heavy atom. The second-order valence-corrected chi connectivity index (χ2v) is 6.46. The molecule has 0 heterocycles. The Hall–Kier alpha value is -2.55. The second-order valence-electron chi connectivity index (χ2n) is 6.46. The van der Waals surface area contributed by atoms with Crippen molar-refractivity contribution in [3.8, 4) is 11.1 Å². The van der Waals surface area contributed by atoms with Gasteiger partial charge < -0.3 is 0 Å². The van der Waals surface area contributed by atoms with E-state index in [0.29, 0.717) is 22.9 Å². The van der Waals surface area contributed by atoms with E-state index in [-0.39, 0.29) is 10.9 Å². The first-order valence-electron chi connectivity index (χ1n) is 8.86. The Bertz CT molecular complexity index is 940. The summed E-state index contributed by atoms with van der Waals surface area (Å²) in [6, 6.07) is 12.2. The SMILES string of the molecule is C=CCCc1ccc(-c2cc3ccc(CCC)c(F)c3c(F)c2F)cc1. The number of halogens is 3. The lowest BCUT2D eigenvalue weighted by Crippen LogP contribution is -1.98. The third-order valence-electron chi connectivity index (χ3n) is 4.62. The van der Waals surface area contributed by atoms with E-state index in [2.05, 4.69) is 6.58 Å². The summed E-state index contributed by atoms with van der Waals surface area (Å²) in [6.45, 7) is 5.61. The smallest absolute Gasteiger partial charge is 0.170 e. The van der Waals surface area contributed by atoms with Crippen molar-refractivity contribution in [2.45, 2.75) is 32.6 Å². The fourth-order valence-corrected chi connectivity index (χ4v) is 3.22. The zero-order valence-electron chi connectivity index (χ0n) is 14.8. The van der Waals surface area contributed by atoms with Gasteiger partial charge in [0.25, 0.3) is 0 Å². The summed E-state index contributed by atoms with van der Waals surface area (Å²) < 4.78 is 43.9. The second kappa shape index (κ2) is 7.77. The molecule has 0 unspecified atom stereocenters. The third-order valence-corrected chi connectivity index (χ3v) is 4.62. The molecular formula is C23H21F3. The third kappa shape index (κ3) is 3.39. The number of fused-ring (bicyclic) bond motifs is 1. The number of rotatable bonds is 6. The maximum atomic E-state index is 14.7. The minimum Gasteiger partial charge on any atom is -0.206 e. The predicted octanol–water partition coefficient (Wildman–Crippen LogP) is 7.00. The summed E-state index contributed by atoms with van der Waals surface area (Å²) in [5.41, 5.74) is 2.24. The van der Waals surface area contributed by atoms with E-state index in [9.17, 15) is 13.2 Å². The summed E-state index contributed by atoms with van der Waals surface area (Å²) >= 11 is 0. The highest BCUT2D eigenvalue weighted by Crippen LogP contribution is 2.33. The highest BCUT2D eigenvalue weighted by atomic mass is 19.2. The monoisotopic (exact) mass is 354 g/mol. The van der Waals surface area contributed by atoms with Crippen LogP contribution in [0.4, 0.5) is 13.2 Å². The molecule has 0 aliphatic carbocycles. The Kier molecular flexibility index (Phi) is 5.46. The molecule has 0 aliphatic heterocycles. The summed E-state index contributed by atoms with van der Waals surface area (Å²) in [7, 11) is 0. The number of aryl methyl sites for hydroxylation is 2. The summed E-state index contributed by atoms with van der Waals surface area (Å²) in [6.07, 6.45) is 4.79. The molecule has 0 atom stereocenters. The van der Waals surface area contributed by atoms with Gasteiger partial charge in [0.1, 0.15) is 5.82 Å². The molecule has 0 saturated carbocycles. The molecule has 0 radical (unpaired) electrons. The van der Waals surface area contributed by atoms with Crippen LogP contribution in [-0.4, -0.2) is 0 Å². The van der Waals surface area contributed by atoms with Gasteiger partial charge in [-0.2, -0.15) is 0 Å². The fraction of sp³-hybridized carbons (Fsp3) is 0.217. The molecule has 3 rings (SSSR count). The van der Waals surface area contributed by atoms with Crippen molar-refractivity contribution in [3.05, 3.63) is 83.7 Å². The number of hydrogen-bond donors (Lipinski definition) is 0. The van der Waals surface area contributed by atoms with Crippen LogP contribution >= 0.6 is 0 Å². The van der Waals surface area contributed by atoms with Crippen molar-refractivity contribution in [1.29, 1.82) is 0 Å². The molecule has 0 bridgehead atoms. The van der Waals surface area contributed by atoms with Gasteiger partial charge in [-0.15, -0.1) is 6.58 Å². The minimum atomic E-state index is -1.12. The van der Waals surface area contributed by atoms with E-state index in [1.54, 1.807) is 24.3 Å². The lowest BCUT2D eigenvalue weighted by atomic mass is 9.96. The molecule has 0 saturated heterocycles. The van der Waals surface area contributed by atoms with Gasteiger partial charge in [0, 0.05) is 5.56 Å². The van der Waals surface area contributed by atoms with Crippen molar-refractivity contribution in [2.24, 2.45) is 0 Å². The van der Waals surface area contributed by atoms with Crippen LogP contribution in [0.1, 0.15) is 30.9 Å². The molecule has 26 heavy (non-hydrogen) atoms. The van der Waals surface area contributed by atoms with Crippen LogP contribution in [0.15, 0.2) is 55.1 Å². The van der Waals surface area contributed by atoms with Crippen molar-refractivity contribution >= 4 is 10.8 Å². The van der Waals surface area contributed by atoms with Crippen LogP contribution in [0.2, 0.25) is 0 Å². The zero-order chi connectivity index (χ0) is 18.7. The Morgan fingerprint density at radius 2 is 1.62 bits per heavy atom. The number of benzene rings is 3. The maximum Gasteiger partial charge on any atom is 0.170 e. The van der Waals surface area contributed by atoms with Crippen LogP contribution in [0.25, 0.3) is 21.9 Å². The molecule has 0 spiro atoms. The predicted molar refractivity (Wildman–Crippen MR) is 102 cm³/mol. The zero-order valence-corrected chi connectivity index (χ0v) is 14.8.